The Bertz CT molecular complexity index is 1540. The van der Waals surface area contributed by atoms with Crippen LogP contribution in [0.2, 0.25) is 0 Å². The first kappa shape index (κ1) is 32.5. The molecule has 10 nitrogen and oxygen atoms in total. The molecule has 2 aromatic rings. The number of sulfonamides is 1. The summed E-state index contributed by atoms with van der Waals surface area (Å²) < 4.78 is 40.3. The lowest BCUT2D eigenvalue weighted by Crippen LogP contribution is -2.61. The molecule has 45 heavy (non-hydrogen) atoms. The first-order valence-electron chi connectivity index (χ1n) is 15.6. The molecule has 2 saturated carbocycles. The second kappa shape index (κ2) is 12.9. The zero-order valence-electron chi connectivity index (χ0n) is 26.2. The summed E-state index contributed by atoms with van der Waals surface area (Å²) in [4.78, 5) is 42.2. The number of hydrogen-bond donors (Lipinski definition) is 2. The van der Waals surface area contributed by atoms with Crippen LogP contribution in [0.3, 0.4) is 0 Å². The summed E-state index contributed by atoms with van der Waals surface area (Å²) >= 11 is 0. The average Bonchev–Trinajstić information content (AvgIpc) is 3.73. The van der Waals surface area contributed by atoms with Gasteiger partial charge in [0, 0.05) is 18.5 Å². The van der Waals surface area contributed by atoms with Gasteiger partial charge in [-0.1, -0.05) is 61.7 Å². The number of hydrogen-bond acceptors (Lipinski definition) is 7. The summed E-state index contributed by atoms with van der Waals surface area (Å²) in [6.45, 7) is 9.76. The van der Waals surface area contributed by atoms with Crippen LogP contribution in [0.25, 0.3) is 0 Å². The Morgan fingerprint density at radius 1 is 1.04 bits per heavy atom. The van der Waals surface area contributed by atoms with Gasteiger partial charge in [-0.3, -0.25) is 14.5 Å². The van der Waals surface area contributed by atoms with Crippen LogP contribution in [0, 0.1) is 17.8 Å². The van der Waals surface area contributed by atoms with Crippen molar-refractivity contribution in [2.75, 3.05) is 6.54 Å². The summed E-state index contributed by atoms with van der Waals surface area (Å²) in [5, 5.41) is 2.84. The Balaban J connectivity index is 1.31. The van der Waals surface area contributed by atoms with Gasteiger partial charge in [0.15, 0.2) is 0 Å². The molecular formula is C34H43N3O7S. The van der Waals surface area contributed by atoms with E-state index in [2.05, 4.69) is 16.6 Å². The van der Waals surface area contributed by atoms with Crippen LogP contribution < -0.4 is 14.8 Å². The van der Waals surface area contributed by atoms with Crippen LogP contribution in [-0.4, -0.2) is 55.0 Å². The fourth-order valence-corrected chi connectivity index (χ4v) is 7.55. The molecule has 0 aromatic heterocycles. The summed E-state index contributed by atoms with van der Waals surface area (Å²) in [7, 11) is -4.31. The smallest absolute Gasteiger partial charge is 0.410 e. The number of likely N-dealkylation sites (tertiary alicyclic amines) is 1. The number of nitrogens with one attached hydrogen (secondary N) is 2. The highest BCUT2D eigenvalue weighted by molar-refractivity contribution is 7.90. The topological polar surface area (TPSA) is 131 Å². The Morgan fingerprint density at radius 2 is 1.76 bits per heavy atom. The first-order chi connectivity index (χ1) is 21.3. The molecule has 2 aromatic carbocycles. The van der Waals surface area contributed by atoms with Gasteiger partial charge in [-0.25, -0.2) is 17.9 Å². The molecule has 0 bridgehead atoms. The van der Waals surface area contributed by atoms with Crippen molar-refractivity contribution in [3.63, 3.8) is 0 Å². The number of benzene rings is 2. The molecule has 11 heteroatoms. The van der Waals surface area contributed by atoms with Crippen molar-refractivity contribution in [2.24, 2.45) is 17.8 Å². The zero-order valence-corrected chi connectivity index (χ0v) is 27.0. The average molecular weight is 638 g/mol. The van der Waals surface area contributed by atoms with Gasteiger partial charge in [-0.15, -0.1) is 6.58 Å². The summed E-state index contributed by atoms with van der Waals surface area (Å²) in [5.74, 6) is -0.938. The summed E-state index contributed by atoms with van der Waals surface area (Å²) in [5.41, 5.74) is -1.33. The summed E-state index contributed by atoms with van der Waals surface area (Å²) in [6.07, 6.45) is 5.73. The first-order valence-corrected chi connectivity index (χ1v) is 17.1. The SMILES string of the molecule is C=C[C@@H]1C[C@]1(NC(=O)C1CC2CCCCC2CN1C(=O)OC(C)(C)C)C(=O)NS(=O)(=O)c1cccc(OCc2ccccc2)c1. The molecule has 1 heterocycles. The lowest BCUT2D eigenvalue weighted by atomic mass is 9.73. The van der Waals surface area contributed by atoms with Gasteiger partial charge in [-0.05, 0) is 69.6 Å². The number of ether oxygens (including phenoxy) is 2. The predicted molar refractivity (Wildman–Crippen MR) is 169 cm³/mol. The normalized spacial score (nSPS) is 26.2. The lowest BCUT2D eigenvalue weighted by molar-refractivity contribution is -0.134. The van der Waals surface area contributed by atoms with Crippen molar-refractivity contribution in [1.82, 2.24) is 14.9 Å². The van der Waals surface area contributed by atoms with Crippen molar-refractivity contribution >= 4 is 27.9 Å². The number of rotatable bonds is 9. The Labute approximate surface area is 265 Å². The number of nitrogens with zero attached hydrogens (tertiary/aromatic N) is 1. The number of carbonyl (C=O) groups excluding carboxylic acids is 3. The van der Waals surface area contributed by atoms with Crippen LogP contribution in [0.4, 0.5) is 4.79 Å². The standard InChI is InChI=1S/C34H43N3O7S/c1-5-26-20-34(26,31(39)36-45(41,42)28-17-11-16-27(19-28)43-22-23-12-7-6-8-13-23)35-30(38)29-18-24-14-9-10-15-25(24)21-37(29)32(40)44-33(2,3)4/h5-8,11-13,16-17,19,24-26,29H,1,9-10,14-15,18,20-22H2,2-4H3,(H,35,38)(H,36,39)/t24?,25?,26-,29?,34-/m1/s1. The van der Waals surface area contributed by atoms with Gasteiger partial charge in [0.1, 0.15) is 29.5 Å². The third-order valence-electron chi connectivity index (χ3n) is 8.97. The quantitative estimate of drug-likeness (QED) is 0.372. The number of carbonyl (C=O) groups is 3. The fourth-order valence-electron chi connectivity index (χ4n) is 6.48. The maximum Gasteiger partial charge on any atom is 0.410 e. The highest BCUT2D eigenvalue weighted by Crippen LogP contribution is 2.46. The second-order valence-corrected chi connectivity index (χ2v) is 15.1. The molecule has 5 atom stereocenters. The van der Waals surface area contributed by atoms with Crippen LogP contribution >= 0.6 is 0 Å². The van der Waals surface area contributed by atoms with E-state index in [1.807, 2.05) is 30.3 Å². The Kier molecular flexibility index (Phi) is 9.30. The van der Waals surface area contributed by atoms with E-state index in [1.165, 1.54) is 29.2 Å². The number of piperidine rings is 1. The molecule has 1 saturated heterocycles. The largest absolute Gasteiger partial charge is 0.489 e. The molecule has 0 spiro atoms. The van der Waals surface area contributed by atoms with E-state index in [4.69, 9.17) is 9.47 Å². The van der Waals surface area contributed by atoms with E-state index >= 15 is 0 Å². The van der Waals surface area contributed by atoms with Crippen LogP contribution in [-0.2, 0) is 31.0 Å². The number of fused-ring (bicyclic) bond motifs is 1. The van der Waals surface area contributed by atoms with Gasteiger partial charge >= 0.3 is 6.09 Å². The maximum absolute atomic E-state index is 13.9. The molecule has 3 fully saturated rings. The minimum absolute atomic E-state index is 0.148. The van der Waals surface area contributed by atoms with E-state index in [-0.39, 0.29) is 29.8 Å². The Hall–Kier alpha value is -3.86. The Morgan fingerprint density at radius 3 is 2.42 bits per heavy atom. The maximum atomic E-state index is 13.9. The van der Waals surface area contributed by atoms with Crippen molar-refractivity contribution < 1.29 is 32.3 Å². The lowest BCUT2D eigenvalue weighted by Gasteiger charge is -2.45. The predicted octanol–water partition coefficient (Wildman–Crippen LogP) is 4.95. The third-order valence-corrected chi connectivity index (χ3v) is 10.3. The van der Waals surface area contributed by atoms with Crippen molar-refractivity contribution in [3.05, 3.63) is 72.8 Å². The van der Waals surface area contributed by atoms with Gasteiger partial charge in [0.25, 0.3) is 15.9 Å². The molecule has 3 aliphatic rings. The fraction of sp³-hybridized carbons (Fsp3) is 0.500. The summed E-state index contributed by atoms with van der Waals surface area (Å²) in [6, 6.07) is 14.5. The highest BCUT2D eigenvalue weighted by atomic mass is 32.2. The molecule has 2 aliphatic carbocycles. The van der Waals surface area contributed by atoms with Crippen molar-refractivity contribution in [1.29, 1.82) is 0 Å². The van der Waals surface area contributed by atoms with E-state index in [9.17, 15) is 22.8 Å². The van der Waals surface area contributed by atoms with E-state index in [0.29, 0.717) is 18.7 Å². The van der Waals surface area contributed by atoms with E-state index < -0.39 is 51.0 Å². The van der Waals surface area contributed by atoms with Gasteiger partial charge in [0.2, 0.25) is 5.91 Å². The molecule has 242 valence electrons. The zero-order chi connectivity index (χ0) is 32.4. The van der Waals surface area contributed by atoms with Crippen LogP contribution in [0.5, 0.6) is 5.75 Å². The minimum atomic E-state index is -4.31. The van der Waals surface area contributed by atoms with E-state index in [0.717, 1.165) is 31.2 Å². The molecule has 1 aliphatic heterocycles. The monoisotopic (exact) mass is 637 g/mol. The van der Waals surface area contributed by atoms with Crippen LogP contribution in [0.15, 0.2) is 72.1 Å². The highest BCUT2D eigenvalue weighted by Gasteiger charge is 2.61. The van der Waals surface area contributed by atoms with Crippen molar-refractivity contribution in [2.45, 2.75) is 88.0 Å². The van der Waals surface area contributed by atoms with Gasteiger partial charge < -0.3 is 14.8 Å². The van der Waals surface area contributed by atoms with Gasteiger partial charge in [0.05, 0.1) is 4.90 Å². The molecule has 3 unspecified atom stereocenters. The number of amides is 3. The molecule has 5 rings (SSSR count). The molecular weight excluding hydrogens is 594 g/mol. The molecule has 3 amide bonds. The molecule has 0 radical (unpaired) electrons. The van der Waals surface area contributed by atoms with E-state index in [1.54, 1.807) is 26.8 Å². The molecule has 2 N–H and O–H groups in total. The second-order valence-electron chi connectivity index (χ2n) is 13.4. The minimum Gasteiger partial charge on any atom is -0.489 e. The van der Waals surface area contributed by atoms with Gasteiger partial charge in [-0.2, -0.15) is 0 Å². The third kappa shape index (κ3) is 7.52. The van der Waals surface area contributed by atoms with Crippen LogP contribution in [0.1, 0.15) is 64.9 Å². The van der Waals surface area contributed by atoms with Crippen molar-refractivity contribution in [3.8, 4) is 5.75 Å².